The van der Waals surface area contributed by atoms with Gasteiger partial charge in [-0.15, -0.1) is 0 Å². The molecule has 4 N–H and O–H groups in total. The third-order valence-corrected chi connectivity index (χ3v) is 4.67. The Bertz CT molecular complexity index is 693. The molecule has 0 saturated carbocycles. The highest BCUT2D eigenvalue weighted by atomic mass is 31.2. The summed E-state index contributed by atoms with van der Waals surface area (Å²) in [5.41, 5.74) is 5.58. The van der Waals surface area contributed by atoms with Gasteiger partial charge in [0, 0.05) is 11.8 Å². The summed E-state index contributed by atoms with van der Waals surface area (Å²) in [6.45, 7) is 1.62. The van der Waals surface area contributed by atoms with E-state index in [9.17, 15) is 19.4 Å². The lowest BCUT2D eigenvalue weighted by Crippen LogP contribution is -2.40. The first-order valence-corrected chi connectivity index (χ1v) is 8.18. The van der Waals surface area contributed by atoms with Crippen LogP contribution in [0, 0.1) is 0 Å². The van der Waals surface area contributed by atoms with Crippen molar-refractivity contribution in [3.8, 4) is 0 Å². The zero-order chi connectivity index (χ0) is 16.1. The number of hydrogen-bond acceptors (Lipinski definition) is 8. The van der Waals surface area contributed by atoms with E-state index >= 15 is 0 Å². The van der Waals surface area contributed by atoms with Crippen LogP contribution < -0.4 is 11.4 Å². The SMILES string of the molecule is CCc1cn(C2OC3COP(=O)(O)OC3C2O)c(=O)nc1N. The lowest BCUT2D eigenvalue weighted by Gasteiger charge is -2.27. The number of aliphatic hydroxyl groups is 1. The van der Waals surface area contributed by atoms with Crippen molar-refractivity contribution in [2.75, 3.05) is 12.3 Å². The van der Waals surface area contributed by atoms with Gasteiger partial charge >= 0.3 is 13.5 Å². The van der Waals surface area contributed by atoms with E-state index in [0.717, 1.165) is 4.57 Å². The summed E-state index contributed by atoms with van der Waals surface area (Å²) in [4.78, 5) is 25.0. The third-order valence-electron chi connectivity index (χ3n) is 3.68. The van der Waals surface area contributed by atoms with Crippen molar-refractivity contribution in [3.63, 3.8) is 0 Å². The molecule has 5 unspecified atom stereocenters. The molecule has 0 bridgehead atoms. The highest BCUT2D eigenvalue weighted by Gasteiger charge is 2.52. The first kappa shape index (κ1) is 15.6. The summed E-state index contributed by atoms with van der Waals surface area (Å²) in [5, 5.41) is 10.3. The Hall–Kier alpha value is -1.29. The van der Waals surface area contributed by atoms with Crippen molar-refractivity contribution >= 4 is 13.6 Å². The summed E-state index contributed by atoms with van der Waals surface area (Å²) in [6.07, 6.45) is -2.24. The number of aromatic nitrogens is 2. The number of nitrogens with two attached hydrogens (primary N) is 1. The summed E-state index contributed by atoms with van der Waals surface area (Å²) in [6, 6.07) is 0. The Morgan fingerprint density at radius 2 is 2.32 bits per heavy atom. The van der Waals surface area contributed by atoms with Gasteiger partial charge in [0.15, 0.2) is 6.23 Å². The van der Waals surface area contributed by atoms with E-state index in [4.69, 9.17) is 15.0 Å². The predicted molar refractivity (Wildman–Crippen MR) is 72.9 cm³/mol. The van der Waals surface area contributed by atoms with E-state index < -0.39 is 38.1 Å². The van der Waals surface area contributed by atoms with Crippen LogP contribution in [0.5, 0.6) is 0 Å². The van der Waals surface area contributed by atoms with Crippen LogP contribution in [0.4, 0.5) is 5.82 Å². The molecule has 10 nitrogen and oxygen atoms in total. The minimum absolute atomic E-state index is 0.119. The van der Waals surface area contributed by atoms with Gasteiger partial charge in [-0.3, -0.25) is 13.6 Å². The smallest absolute Gasteiger partial charge is 0.386 e. The second kappa shape index (κ2) is 5.41. The molecule has 0 radical (unpaired) electrons. The van der Waals surface area contributed by atoms with E-state index in [2.05, 4.69) is 9.51 Å². The number of hydrogen-bond donors (Lipinski definition) is 3. The monoisotopic (exact) mass is 333 g/mol. The molecule has 5 atom stereocenters. The second-order valence-corrected chi connectivity index (χ2v) is 6.49. The molecule has 1 aromatic rings. The molecule has 122 valence electrons. The molecule has 0 amide bonds. The van der Waals surface area contributed by atoms with Gasteiger partial charge in [-0.25, -0.2) is 9.36 Å². The molecular formula is C11H16N3O7P. The van der Waals surface area contributed by atoms with Gasteiger partial charge in [-0.1, -0.05) is 6.92 Å². The zero-order valence-electron chi connectivity index (χ0n) is 11.7. The average molecular weight is 333 g/mol. The maximum atomic E-state index is 12.0. The normalized spacial score (nSPS) is 38.0. The average Bonchev–Trinajstić information content (AvgIpc) is 2.75. The molecule has 1 aromatic heterocycles. The maximum Gasteiger partial charge on any atom is 0.472 e. The maximum absolute atomic E-state index is 12.0. The van der Waals surface area contributed by atoms with E-state index in [1.54, 1.807) is 0 Å². The predicted octanol–water partition coefficient (Wildman–Crippen LogP) is -0.838. The molecule has 22 heavy (non-hydrogen) atoms. The van der Waals surface area contributed by atoms with Gasteiger partial charge < -0.3 is 20.5 Å². The van der Waals surface area contributed by atoms with Crippen LogP contribution in [0.25, 0.3) is 0 Å². The Morgan fingerprint density at radius 1 is 1.59 bits per heavy atom. The van der Waals surface area contributed by atoms with Crippen LogP contribution in [0.2, 0.25) is 0 Å². The minimum atomic E-state index is -4.21. The standard InChI is InChI=1S/C11H16N3O7P/c1-2-5-3-14(11(16)13-9(5)12)10-7(15)8-6(20-10)4-19-22(17,18)21-8/h3,6-8,10,15H,2,4H2,1H3,(H,17,18)(H2,12,13,16). The number of ether oxygens (including phenoxy) is 1. The number of aryl methyl sites for hydroxylation is 1. The fraction of sp³-hybridized carbons (Fsp3) is 0.636. The van der Waals surface area contributed by atoms with Gasteiger partial charge in [0.25, 0.3) is 0 Å². The van der Waals surface area contributed by atoms with Crippen molar-refractivity contribution in [1.82, 2.24) is 9.55 Å². The van der Waals surface area contributed by atoms with Crippen LogP contribution in [0.1, 0.15) is 18.7 Å². The summed E-state index contributed by atoms with van der Waals surface area (Å²) in [7, 11) is -4.21. The molecule has 2 fully saturated rings. The number of aliphatic hydroxyl groups excluding tert-OH is 1. The molecule has 2 saturated heterocycles. The van der Waals surface area contributed by atoms with Crippen LogP contribution in [-0.2, 0) is 24.8 Å². The minimum Gasteiger partial charge on any atom is -0.386 e. The van der Waals surface area contributed by atoms with Crippen LogP contribution in [-0.4, -0.2) is 44.5 Å². The third kappa shape index (κ3) is 2.58. The number of rotatable bonds is 2. The quantitative estimate of drug-likeness (QED) is 0.589. The van der Waals surface area contributed by atoms with E-state index in [0.29, 0.717) is 12.0 Å². The first-order valence-electron chi connectivity index (χ1n) is 6.69. The fourth-order valence-corrected chi connectivity index (χ4v) is 3.51. The van der Waals surface area contributed by atoms with Gasteiger partial charge in [-0.2, -0.15) is 4.98 Å². The van der Waals surface area contributed by atoms with Crippen molar-refractivity contribution in [2.45, 2.75) is 37.9 Å². The summed E-state index contributed by atoms with van der Waals surface area (Å²) in [5.74, 6) is 0.119. The molecule has 0 spiro atoms. The van der Waals surface area contributed by atoms with Crippen LogP contribution in [0.15, 0.2) is 11.0 Å². The van der Waals surface area contributed by atoms with E-state index in [-0.39, 0.29) is 12.4 Å². The molecule has 2 aliphatic heterocycles. The van der Waals surface area contributed by atoms with Crippen molar-refractivity contribution < 1.29 is 28.3 Å². The number of phosphoric acid groups is 1. The van der Waals surface area contributed by atoms with E-state index in [1.165, 1.54) is 6.20 Å². The molecule has 3 heterocycles. The van der Waals surface area contributed by atoms with Gasteiger partial charge in [-0.05, 0) is 6.42 Å². The molecule has 0 aromatic carbocycles. The van der Waals surface area contributed by atoms with Gasteiger partial charge in [0.1, 0.15) is 24.1 Å². The first-order chi connectivity index (χ1) is 10.3. The number of nitrogen functional groups attached to an aromatic ring is 1. The van der Waals surface area contributed by atoms with Crippen molar-refractivity contribution in [1.29, 1.82) is 0 Å². The van der Waals surface area contributed by atoms with Crippen LogP contribution in [0.3, 0.4) is 0 Å². The lowest BCUT2D eigenvalue weighted by molar-refractivity contribution is -0.0685. The Balaban J connectivity index is 1.94. The van der Waals surface area contributed by atoms with Gasteiger partial charge in [0.05, 0.1) is 6.61 Å². The van der Waals surface area contributed by atoms with Gasteiger partial charge in [0.2, 0.25) is 0 Å². The highest BCUT2D eigenvalue weighted by molar-refractivity contribution is 7.47. The van der Waals surface area contributed by atoms with E-state index in [1.807, 2.05) is 6.92 Å². The van der Waals surface area contributed by atoms with Crippen LogP contribution >= 0.6 is 7.82 Å². The summed E-state index contributed by atoms with van der Waals surface area (Å²) < 4.78 is 27.5. The molecular weight excluding hydrogens is 317 g/mol. The number of anilines is 1. The van der Waals surface area contributed by atoms with Crippen molar-refractivity contribution in [3.05, 3.63) is 22.2 Å². The number of nitrogens with zero attached hydrogens (tertiary/aromatic N) is 2. The Labute approximate surface area is 125 Å². The highest BCUT2D eigenvalue weighted by Crippen LogP contribution is 2.52. The fourth-order valence-electron chi connectivity index (χ4n) is 2.54. The van der Waals surface area contributed by atoms with Crippen molar-refractivity contribution in [2.24, 2.45) is 0 Å². The molecule has 3 rings (SSSR count). The number of fused-ring (bicyclic) bond motifs is 1. The Morgan fingerprint density at radius 3 is 3.00 bits per heavy atom. The largest absolute Gasteiger partial charge is 0.472 e. The lowest BCUT2D eigenvalue weighted by atomic mass is 10.1. The molecule has 2 aliphatic rings. The second-order valence-electron chi connectivity index (χ2n) is 5.08. The zero-order valence-corrected chi connectivity index (χ0v) is 12.6. The molecule has 0 aliphatic carbocycles. The molecule has 11 heteroatoms. The summed E-state index contributed by atoms with van der Waals surface area (Å²) >= 11 is 0. The Kier molecular flexibility index (Phi) is 3.84. The number of phosphoric ester groups is 1. The topological polar surface area (TPSA) is 146 Å².